The van der Waals surface area contributed by atoms with Gasteiger partial charge in [0.1, 0.15) is 6.54 Å². The van der Waals surface area contributed by atoms with E-state index in [-0.39, 0.29) is 24.8 Å². The van der Waals surface area contributed by atoms with E-state index >= 15 is 0 Å². The summed E-state index contributed by atoms with van der Waals surface area (Å²) in [5, 5.41) is 11.2. The molecule has 1 aromatic rings. The Balaban J connectivity index is 2.56. The first-order chi connectivity index (χ1) is 9.79. The fourth-order valence-corrected chi connectivity index (χ4v) is 1.96. The van der Waals surface area contributed by atoms with Gasteiger partial charge in [0.25, 0.3) is 5.91 Å². The predicted octanol–water partition coefficient (Wildman–Crippen LogP) is 1.34. The van der Waals surface area contributed by atoms with Crippen molar-refractivity contribution in [3.05, 3.63) is 22.6 Å². The van der Waals surface area contributed by atoms with Crippen LogP contribution in [0.5, 0.6) is 0 Å². The van der Waals surface area contributed by atoms with Gasteiger partial charge in [0.05, 0.1) is 6.54 Å². The van der Waals surface area contributed by atoms with E-state index in [9.17, 15) is 14.4 Å². The van der Waals surface area contributed by atoms with Crippen LogP contribution >= 0.6 is 15.9 Å². The number of aliphatic carboxylic acids is 1. The highest BCUT2D eigenvalue weighted by atomic mass is 79.9. The third kappa shape index (κ3) is 5.99. The molecule has 1 heterocycles. The monoisotopic (exact) mass is 360 g/mol. The van der Waals surface area contributed by atoms with Crippen molar-refractivity contribution in [3.63, 3.8) is 0 Å². The molecule has 0 aromatic carbocycles. The van der Waals surface area contributed by atoms with Crippen LogP contribution in [0, 0.1) is 5.92 Å². The van der Waals surface area contributed by atoms with Crippen LogP contribution in [-0.2, 0) is 9.59 Å². The summed E-state index contributed by atoms with van der Waals surface area (Å²) in [4.78, 5) is 35.6. The number of carboxylic acid groups (broad SMARTS) is 1. The predicted molar refractivity (Wildman–Crippen MR) is 77.8 cm³/mol. The first-order valence-electron chi connectivity index (χ1n) is 6.32. The molecule has 1 rings (SSSR count). The zero-order chi connectivity index (χ0) is 16.0. The van der Waals surface area contributed by atoms with Gasteiger partial charge in [-0.05, 0) is 34.0 Å². The Bertz CT molecular complexity index is 526. The second kappa shape index (κ2) is 7.82. The highest BCUT2D eigenvalue weighted by Crippen LogP contribution is 2.13. The van der Waals surface area contributed by atoms with Crippen LogP contribution in [-0.4, -0.2) is 47.4 Å². The minimum atomic E-state index is -1.09. The van der Waals surface area contributed by atoms with Gasteiger partial charge in [-0.15, -0.1) is 0 Å². The van der Waals surface area contributed by atoms with Crippen molar-refractivity contribution in [2.75, 3.05) is 19.6 Å². The highest BCUT2D eigenvalue weighted by Gasteiger charge is 2.19. The molecule has 0 saturated carbocycles. The number of carbonyl (C=O) groups excluding carboxylic acids is 2. The number of furan rings is 1. The van der Waals surface area contributed by atoms with Crippen molar-refractivity contribution >= 4 is 33.7 Å². The number of nitrogens with zero attached hydrogens (tertiary/aromatic N) is 1. The Morgan fingerprint density at radius 2 is 2.05 bits per heavy atom. The number of nitrogens with one attached hydrogen (secondary N) is 1. The van der Waals surface area contributed by atoms with Gasteiger partial charge in [0, 0.05) is 6.54 Å². The quantitative estimate of drug-likeness (QED) is 0.764. The number of halogens is 1. The molecule has 1 aromatic heterocycles. The average Bonchev–Trinajstić information content (AvgIpc) is 2.80. The van der Waals surface area contributed by atoms with Gasteiger partial charge >= 0.3 is 5.97 Å². The van der Waals surface area contributed by atoms with E-state index in [1.54, 1.807) is 6.07 Å². The summed E-state index contributed by atoms with van der Waals surface area (Å²) in [5.74, 6) is -1.88. The fraction of sp³-hybridized carbons (Fsp3) is 0.462. The van der Waals surface area contributed by atoms with Crippen LogP contribution in [0.3, 0.4) is 0 Å². The Morgan fingerprint density at radius 1 is 1.38 bits per heavy atom. The average molecular weight is 361 g/mol. The van der Waals surface area contributed by atoms with Crippen molar-refractivity contribution in [3.8, 4) is 0 Å². The lowest BCUT2D eigenvalue weighted by Crippen LogP contribution is -2.44. The second-order valence-corrected chi connectivity index (χ2v) is 5.63. The van der Waals surface area contributed by atoms with E-state index in [2.05, 4.69) is 21.2 Å². The molecule has 0 aliphatic heterocycles. The Hall–Kier alpha value is -1.83. The molecule has 21 heavy (non-hydrogen) atoms. The van der Waals surface area contributed by atoms with E-state index in [1.807, 2.05) is 13.8 Å². The molecule has 0 radical (unpaired) electrons. The lowest BCUT2D eigenvalue weighted by atomic mass is 10.2. The topological polar surface area (TPSA) is 99.9 Å². The SMILES string of the molecule is CC(C)CN(CC(=O)O)C(=O)CNC(=O)c1ccc(Br)o1. The minimum Gasteiger partial charge on any atom is -0.480 e. The van der Waals surface area contributed by atoms with E-state index in [1.165, 1.54) is 11.0 Å². The lowest BCUT2D eigenvalue weighted by molar-refractivity contribution is -0.144. The van der Waals surface area contributed by atoms with Crippen LogP contribution in [0.2, 0.25) is 0 Å². The van der Waals surface area contributed by atoms with Gasteiger partial charge in [-0.1, -0.05) is 13.8 Å². The fourth-order valence-electron chi connectivity index (χ4n) is 1.65. The van der Waals surface area contributed by atoms with E-state index in [0.717, 1.165) is 0 Å². The van der Waals surface area contributed by atoms with Gasteiger partial charge in [-0.25, -0.2) is 0 Å². The third-order valence-electron chi connectivity index (χ3n) is 2.46. The molecular formula is C13H17BrN2O5. The number of rotatable bonds is 7. The van der Waals surface area contributed by atoms with Gasteiger partial charge in [-0.3, -0.25) is 14.4 Å². The molecule has 2 N–H and O–H groups in total. The minimum absolute atomic E-state index is 0.0725. The first kappa shape index (κ1) is 17.2. The molecule has 8 heteroatoms. The van der Waals surface area contributed by atoms with Gasteiger partial charge in [0.15, 0.2) is 10.4 Å². The number of carbonyl (C=O) groups is 3. The summed E-state index contributed by atoms with van der Waals surface area (Å²) in [6.45, 7) is 3.39. The molecule has 0 saturated heterocycles. The van der Waals surface area contributed by atoms with Crippen molar-refractivity contribution in [2.24, 2.45) is 5.92 Å². The van der Waals surface area contributed by atoms with Gasteiger partial charge in [-0.2, -0.15) is 0 Å². The molecule has 116 valence electrons. The van der Waals surface area contributed by atoms with Gasteiger partial charge in [0.2, 0.25) is 5.91 Å². The van der Waals surface area contributed by atoms with Crippen LogP contribution < -0.4 is 5.32 Å². The summed E-state index contributed by atoms with van der Waals surface area (Å²) in [6.07, 6.45) is 0. The van der Waals surface area contributed by atoms with E-state index in [4.69, 9.17) is 9.52 Å². The van der Waals surface area contributed by atoms with Crippen LogP contribution in [0.25, 0.3) is 0 Å². The van der Waals surface area contributed by atoms with Crippen LogP contribution in [0.4, 0.5) is 0 Å². The second-order valence-electron chi connectivity index (χ2n) is 4.85. The number of hydrogen-bond donors (Lipinski definition) is 2. The molecule has 0 aliphatic rings. The van der Waals surface area contributed by atoms with Crippen LogP contribution in [0.15, 0.2) is 21.2 Å². The smallest absolute Gasteiger partial charge is 0.323 e. The molecule has 0 atom stereocenters. The Kier molecular flexibility index (Phi) is 6.41. The molecule has 0 aliphatic carbocycles. The van der Waals surface area contributed by atoms with Crippen molar-refractivity contribution in [2.45, 2.75) is 13.8 Å². The maximum Gasteiger partial charge on any atom is 0.323 e. The van der Waals surface area contributed by atoms with Crippen molar-refractivity contribution < 1.29 is 23.9 Å². The Labute approximate surface area is 130 Å². The summed E-state index contributed by atoms with van der Waals surface area (Å²) in [6, 6.07) is 3.03. The van der Waals surface area contributed by atoms with Crippen molar-refractivity contribution in [1.29, 1.82) is 0 Å². The van der Waals surface area contributed by atoms with Crippen LogP contribution in [0.1, 0.15) is 24.4 Å². The largest absolute Gasteiger partial charge is 0.480 e. The molecule has 0 bridgehead atoms. The standard InChI is InChI=1S/C13H17BrN2O5/c1-8(2)6-16(7-12(18)19)11(17)5-15-13(20)9-3-4-10(14)21-9/h3-4,8H,5-7H2,1-2H3,(H,15,20)(H,18,19). The maximum absolute atomic E-state index is 12.0. The zero-order valence-corrected chi connectivity index (χ0v) is 13.3. The number of carboxylic acids is 1. The zero-order valence-electron chi connectivity index (χ0n) is 11.8. The van der Waals surface area contributed by atoms with E-state index < -0.39 is 17.8 Å². The van der Waals surface area contributed by atoms with E-state index in [0.29, 0.717) is 11.2 Å². The Morgan fingerprint density at radius 3 is 2.52 bits per heavy atom. The molecule has 2 amide bonds. The third-order valence-corrected chi connectivity index (χ3v) is 2.89. The molecule has 7 nitrogen and oxygen atoms in total. The van der Waals surface area contributed by atoms with Gasteiger partial charge < -0.3 is 19.7 Å². The first-order valence-corrected chi connectivity index (χ1v) is 7.12. The lowest BCUT2D eigenvalue weighted by Gasteiger charge is -2.22. The maximum atomic E-state index is 12.0. The summed E-state index contributed by atoms with van der Waals surface area (Å²) < 4.78 is 5.46. The molecule has 0 fully saturated rings. The summed E-state index contributed by atoms with van der Waals surface area (Å²) in [7, 11) is 0. The molecule has 0 spiro atoms. The van der Waals surface area contributed by atoms with Crippen molar-refractivity contribution in [1.82, 2.24) is 10.2 Å². The number of hydrogen-bond acceptors (Lipinski definition) is 4. The highest BCUT2D eigenvalue weighted by molar-refractivity contribution is 9.10. The molecule has 0 unspecified atom stereocenters. The summed E-state index contributed by atoms with van der Waals surface area (Å²) >= 11 is 3.07. The number of amides is 2. The molecular weight excluding hydrogens is 344 g/mol. The normalized spacial score (nSPS) is 10.5. The summed E-state index contributed by atoms with van der Waals surface area (Å²) in [5.41, 5.74) is 0.